The SMILES string of the molecule is Cc1ccnc(SCC(=O)N2CC(O)CC3(CCN(c4cccnn4)CC3)C2)n1. The highest BCUT2D eigenvalue weighted by Gasteiger charge is 2.43. The Balaban J connectivity index is 1.36. The normalized spacial score (nSPS) is 21.4. The van der Waals surface area contributed by atoms with Crippen LogP contribution in [0.25, 0.3) is 0 Å². The van der Waals surface area contributed by atoms with Crippen molar-refractivity contribution in [2.45, 2.75) is 37.4 Å². The summed E-state index contributed by atoms with van der Waals surface area (Å²) in [6.45, 7) is 4.74. The lowest BCUT2D eigenvalue weighted by Gasteiger charge is -2.49. The predicted octanol–water partition coefficient (Wildman–Crippen LogP) is 1.55. The third-order valence-electron chi connectivity index (χ3n) is 5.78. The van der Waals surface area contributed by atoms with E-state index in [1.54, 1.807) is 12.4 Å². The highest BCUT2D eigenvalue weighted by molar-refractivity contribution is 7.99. The molecule has 8 nitrogen and oxygen atoms in total. The monoisotopic (exact) mass is 414 g/mol. The van der Waals surface area contributed by atoms with E-state index in [9.17, 15) is 9.90 Å². The van der Waals surface area contributed by atoms with Gasteiger partial charge >= 0.3 is 0 Å². The fraction of sp³-hybridized carbons (Fsp3) is 0.550. The minimum absolute atomic E-state index is 0.0312. The lowest BCUT2D eigenvalue weighted by Crippen LogP contribution is -2.55. The first kappa shape index (κ1) is 20.0. The van der Waals surface area contributed by atoms with Crippen LogP contribution in [0, 0.1) is 12.3 Å². The first-order chi connectivity index (χ1) is 14.0. The van der Waals surface area contributed by atoms with E-state index in [-0.39, 0.29) is 17.1 Å². The van der Waals surface area contributed by atoms with Crippen LogP contribution in [-0.4, -0.2) is 74.1 Å². The van der Waals surface area contributed by atoms with Gasteiger partial charge in [-0.1, -0.05) is 11.8 Å². The summed E-state index contributed by atoms with van der Waals surface area (Å²) in [7, 11) is 0. The molecule has 1 N–H and O–H groups in total. The zero-order chi connectivity index (χ0) is 20.3. The van der Waals surface area contributed by atoms with Crippen molar-refractivity contribution in [3.63, 3.8) is 0 Å². The van der Waals surface area contributed by atoms with E-state index in [4.69, 9.17) is 0 Å². The minimum atomic E-state index is -0.476. The molecule has 2 aromatic heterocycles. The highest BCUT2D eigenvalue weighted by atomic mass is 32.2. The highest BCUT2D eigenvalue weighted by Crippen LogP contribution is 2.40. The maximum absolute atomic E-state index is 12.8. The van der Waals surface area contributed by atoms with E-state index in [2.05, 4.69) is 25.1 Å². The molecule has 1 atom stereocenters. The van der Waals surface area contributed by atoms with Crippen LogP contribution < -0.4 is 4.90 Å². The zero-order valence-electron chi connectivity index (χ0n) is 16.6. The summed E-state index contributed by atoms with van der Waals surface area (Å²) in [4.78, 5) is 25.4. The number of hydrogen-bond acceptors (Lipinski definition) is 8. The first-order valence-corrected chi connectivity index (χ1v) is 10.9. The maximum Gasteiger partial charge on any atom is 0.233 e. The molecule has 1 spiro atoms. The summed E-state index contributed by atoms with van der Waals surface area (Å²) in [6, 6.07) is 5.71. The van der Waals surface area contributed by atoms with Gasteiger partial charge in [-0.2, -0.15) is 5.10 Å². The minimum Gasteiger partial charge on any atom is -0.391 e. The molecule has 4 heterocycles. The molecule has 2 saturated heterocycles. The lowest BCUT2D eigenvalue weighted by molar-refractivity contribution is -0.136. The topological polar surface area (TPSA) is 95.3 Å². The number of thioether (sulfide) groups is 1. The van der Waals surface area contributed by atoms with Crippen molar-refractivity contribution < 1.29 is 9.90 Å². The van der Waals surface area contributed by atoms with Gasteiger partial charge in [-0.15, -0.1) is 5.10 Å². The van der Waals surface area contributed by atoms with Gasteiger partial charge < -0.3 is 14.9 Å². The van der Waals surface area contributed by atoms with Gasteiger partial charge in [0.25, 0.3) is 0 Å². The van der Waals surface area contributed by atoms with Crippen molar-refractivity contribution in [3.05, 3.63) is 36.3 Å². The summed E-state index contributed by atoms with van der Waals surface area (Å²) in [6.07, 6.45) is 5.52. The van der Waals surface area contributed by atoms with Crippen LogP contribution in [0.3, 0.4) is 0 Å². The molecule has 2 fully saturated rings. The predicted molar refractivity (Wildman–Crippen MR) is 111 cm³/mol. The number of β-amino-alcohol motifs (C(OH)–C–C–N with tert-alkyl or cyclic N) is 1. The Morgan fingerprint density at radius 2 is 2.14 bits per heavy atom. The smallest absolute Gasteiger partial charge is 0.233 e. The van der Waals surface area contributed by atoms with Gasteiger partial charge in [0.15, 0.2) is 11.0 Å². The van der Waals surface area contributed by atoms with E-state index in [1.807, 2.05) is 30.0 Å². The zero-order valence-corrected chi connectivity index (χ0v) is 17.4. The summed E-state index contributed by atoms with van der Waals surface area (Å²) >= 11 is 1.35. The molecular formula is C20H26N6O2S. The van der Waals surface area contributed by atoms with Gasteiger partial charge in [-0.05, 0) is 49.8 Å². The van der Waals surface area contributed by atoms with E-state index >= 15 is 0 Å². The summed E-state index contributed by atoms with van der Waals surface area (Å²) in [5.41, 5.74) is 0.855. The number of piperidine rings is 2. The molecule has 2 aliphatic heterocycles. The fourth-order valence-electron chi connectivity index (χ4n) is 4.29. The molecule has 0 aliphatic carbocycles. The van der Waals surface area contributed by atoms with E-state index in [0.717, 1.165) is 43.9 Å². The number of hydrogen-bond donors (Lipinski definition) is 1. The van der Waals surface area contributed by atoms with Crippen LogP contribution >= 0.6 is 11.8 Å². The average Bonchev–Trinajstić information content (AvgIpc) is 2.73. The second-order valence-corrected chi connectivity index (χ2v) is 8.91. The number of carbonyl (C=O) groups is 1. The van der Waals surface area contributed by atoms with Gasteiger partial charge in [0, 0.05) is 44.3 Å². The van der Waals surface area contributed by atoms with Crippen molar-refractivity contribution in [1.82, 2.24) is 25.1 Å². The molecule has 0 radical (unpaired) electrons. The van der Waals surface area contributed by atoms with Crippen molar-refractivity contribution in [2.75, 3.05) is 36.8 Å². The third kappa shape index (κ3) is 4.84. The quantitative estimate of drug-likeness (QED) is 0.595. The Kier molecular flexibility index (Phi) is 5.96. The Hall–Kier alpha value is -2.26. The van der Waals surface area contributed by atoms with E-state index < -0.39 is 6.10 Å². The molecule has 2 aliphatic rings. The fourth-order valence-corrected chi connectivity index (χ4v) is 5.07. The largest absolute Gasteiger partial charge is 0.391 e. The number of rotatable bonds is 4. The Morgan fingerprint density at radius 1 is 1.31 bits per heavy atom. The second-order valence-electron chi connectivity index (χ2n) is 7.97. The van der Waals surface area contributed by atoms with Crippen LogP contribution in [0.1, 0.15) is 25.0 Å². The molecule has 9 heteroatoms. The maximum atomic E-state index is 12.8. The number of aryl methyl sites for hydroxylation is 1. The van der Waals surface area contributed by atoms with Gasteiger partial charge in [-0.3, -0.25) is 4.79 Å². The lowest BCUT2D eigenvalue weighted by atomic mass is 9.71. The third-order valence-corrected chi connectivity index (χ3v) is 6.63. The number of likely N-dealkylation sites (tertiary alicyclic amines) is 1. The first-order valence-electron chi connectivity index (χ1n) is 9.94. The van der Waals surface area contributed by atoms with E-state index in [1.165, 1.54) is 11.8 Å². The molecule has 2 aromatic rings. The van der Waals surface area contributed by atoms with Crippen molar-refractivity contribution in [3.8, 4) is 0 Å². The summed E-state index contributed by atoms with van der Waals surface area (Å²) in [5.74, 6) is 1.22. The number of nitrogens with zero attached hydrogens (tertiary/aromatic N) is 6. The number of carbonyl (C=O) groups excluding carboxylic acids is 1. The van der Waals surface area contributed by atoms with Crippen molar-refractivity contribution >= 4 is 23.5 Å². The number of aromatic nitrogens is 4. The summed E-state index contributed by atoms with van der Waals surface area (Å²) in [5, 5.41) is 19.3. The van der Waals surface area contributed by atoms with E-state index in [0.29, 0.717) is 18.2 Å². The van der Waals surface area contributed by atoms with Gasteiger partial charge in [-0.25, -0.2) is 9.97 Å². The standard InChI is InChI=1S/C20H26N6O2S/c1-15-4-8-21-19(23-15)29-13-18(28)26-12-16(27)11-20(14-26)5-9-25(10-6-20)17-3-2-7-22-24-17/h2-4,7-8,16,27H,5-6,9-14H2,1H3. The Bertz CT molecular complexity index is 844. The summed E-state index contributed by atoms with van der Waals surface area (Å²) < 4.78 is 0. The van der Waals surface area contributed by atoms with Crippen LogP contribution in [0.5, 0.6) is 0 Å². The molecule has 4 rings (SSSR count). The molecular weight excluding hydrogens is 388 g/mol. The Labute approximate surface area is 174 Å². The molecule has 29 heavy (non-hydrogen) atoms. The van der Waals surface area contributed by atoms with Gasteiger partial charge in [0.2, 0.25) is 5.91 Å². The van der Waals surface area contributed by atoms with Crippen LogP contribution in [-0.2, 0) is 4.79 Å². The van der Waals surface area contributed by atoms with Gasteiger partial charge in [0.1, 0.15) is 0 Å². The van der Waals surface area contributed by atoms with Crippen LogP contribution in [0.2, 0.25) is 0 Å². The molecule has 0 saturated carbocycles. The molecule has 154 valence electrons. The number of amides is 1. The second kappa shape index (κ2) is 8.62. The van der Waals surface area contributed by atoms with Crippen LogP contribution in [0.15, 0.2) is 35.7 Å². The Morgan fingerprint density at radius 3 is 2.86 bits per heavy atom. The molecule has 0 bridgehead atoms. The van der Waals surface area contributed by atoms with Gasteiger partial charge in [0.05, 0.1) is 11.9 Å². The molecule has 0 aromatic carbocycles. The number of aliphatic hydroxyl groups excluding tert-OH is 1. The molecule has 1 amide bonds. The average molecular weight is 415 g/mol. The number of aliphatic hydroxyl groups is 1. The molecule has 1 unspecified atom stereocenters. The van der Waals surface area contributed by atoms with Crippen molar-refractivity contribution in [2.24, 2.45) is 5.41 Å². The van der Waals surface area contributed by atoms with Crippen LogP contribution in [0.4, 0.5) is 5.82 Å². The number of anilines is 1. The van der Waals surface area contributed by atoms with Crippen molar-refractivity contribution in [1.29, 1.82) is 0 Å².